The largest absolute Gasteiger partial charge is 0.388 e. The number of fused-ring (bicyclic) bond motifs is 1. The molecule has 7 nitrogen and oxygen atoms in total. The smallest absolute Gasteiger partial charge is 0.332 e. The Morgan fingerprint density at radius 3 is 2.44 bits per heavy atom. The molecule has 2 heterocycles. The van der Waals surface area contributed by atoms with Gasteiger partial charge in [-0.2, -0.15) is 0 Å². The molecule has 18 heavy (non-hydrogen) atoms. The molecule has 2 aromatic rings. The van der Waals surface area contributed by atoms with E-state index in [9.17, 15) is 14.7 Å². The van der Waals surface area contributed by atoms with Crippen LogP contribution in [0.3, 0.4) is 0 Å². The minimum atomic E-state index is -0.418. The molecule has 0 amide bonds. The predicted octanol–water partition coefficient (Wildman–Crippen LogP) is -0.664. The standard InChI is InChI=1S/C11H16N4O3/c1-4-5-15-7(6-16)12-9-8(15)10(17)14(3)11(18)13(9)2/h16H,4-6H2,1-3H3. The van der Waals surface area contributed by atoms with E-state index in [1.165, 1.54) is 11.6 Å². The third kappa shape index (κ3) is 1.59. The summed E-state index contributed by atoms with van der Waals surface area (Å²) in [5.41, 5.74) is -0.113. The Morgan fingerprint density at radius 1 is 1.22 bits per heavy atom. The summed E-state index contributed by atoms with van der Waals surface area (Å²) in [6.07, 6.45) is 0.810. The molecule has 0 atom stereocenters. The van der Waals surface area contributed by atoms with E-state index in [1.807, 2.05) is 6.92 Å². The second-order valence-corrected chi connectivity index (χ2v) is 4.22. The number of nitrogens with zero attached hydrogens (tertiary/aromatic N) is 4. The zero-order valence-corrected chi connectivity index (χ0v) is 10.7. The molecular weight excluding hydrogens is 236 g/mol. The van der Waals surface area contributed by atoms with Crippen molar-refractivity contribution in [1.82, 2.24) is 18.7 Å². The highest BCUT2D eigenvalue weighted by atomic mass is 16.3. The van der Waals surface area contributed by atoms with Gasteiger partial charge >= 0.3 is 5.69 Å². The molecule has 0 aliphatic heterocycles. The van der Waals surface area contributed by atoms with Gasteiger partial charge in [0.1, 0.15) is 12.4 Å². The van der Waals surface area contributed by atoms with Gasteiger partial charge in [0, 0.05) is 20.6 Å². The van der Waals surface area contributed by atoms with Crippen molar-refractivity contribution < 1.29 is 5.11 Å². The van der Waals surface area contributed by atoms with Crippen molar-refractivity contribution in [2.45, 2.75) is 26.5 Å². The van der Waals surface area contributed by atoms with E-state index in [4.69, 9.17) is 0 Å². The number of rotatable bonds is 3. The number of aromatic nitrogens is 4. The van der Waals surface area contributed by atoms with E-state index in [-0.39, 0.29) is 12.2 Å². The maximum Gasteiger partial charge on any atom is 0.332 e. The summed E-state index contributed by atoms with van der Waals surface area (Å²) in [5, 5.41) is 9.29. The minimum Gasteiger partial charge on any atom is -0.388 e. The van der Waals surface area contributed by atoms with Gasteiger partial charge in [0.05, 0.1) is 0 Å². The average Bonchev–Trinajstić information content (AvgIpc) is 2.73. The van der Waals surface area contributed by atoms with Crippen LogP contribution in [-0.2, 0) is 27.2 Å². The Hall–Kier alpha value is -1.89. The van der Waals surface area contributed by atoms with Crippen molar-refractivity contribution in [3.8, 4) is 0 Å². The second kappa shape index (κ2) is 4.41. The third-order valence-electron chi connectivity index (χ3n) is 3.02. The van der Waals surface area contributed by atoms with Gasteiger partial charge in [0.2, 0.25) is 0 Å². The Kier molecular flexibility index (Phi) is 3.08. The summed E-state index contributed by atoms with van der Waals surface area (Å²) in [4.78, 5) is 28.1. The number of imidazole rings is 1. The summed E-state index contributed by atoms with van der Waals surface area (Å²) in [6, 6.07) is 0. The van der Waals surface area contributed by atoms with Gasteiger partial charge in [-0.05, 0) is 6.42 Å². The summed E-state index contributed by atoms with van der Waals surface area (Å²) in [5.74, 6) is 0.408. The van der Waals surface area contributed by atoms with Crippen molar-refractivity contribution in [3.63, 3.8) is 0 Å². The van der Waals surface area contributed by atoms with Gasteiger partial charge in [-0.1, -0.05) is 6.92 Å². The van der Waals surface area contributed by atoms with E-state index in [1.54, 1.807) is 11.6 Å². The fraction of sp³-hybridized carbons (Fsp3) is 0.545. The average molecular weight is 252 g/mol. The summed E-state index contributed by atoms with van der Waals surface area (Å²) >= 11 is 0. The van der Waals surface area contributed by atoms with Gasteiger partial charge < -0.3 is 9.67 Å². The van der Waals surface area contributed by atoms with E-state index < -0.39 is 5.69 Å². The number of hydrogen-bond donors (Lipinski definition) is 1. The molecule has 0 aliphatic carbocycles. The molecule has 0 saturated heterocycles. The fourth-order valence-corrected chi connectivity index (χ4v) is 2.08. The predicted molar refractivity (Wildman–Crippen MR) is 66.4 cm³/mol. The van der Waals surface area contributed by atoms with Crippen LogP contribution in [0.15, 0.2) is 9.59 Å². The van der Waals surface area contributed by atoms with E-state index in [0.717, 1.165) is 11.0 Å². The van der Waals surface area contributed by atoms with Crippen LogP contribution in [0.1, 0.15) is 19.2 Å². The lowest BCUT2D eigenvalue weighted by Crippen LogP contribution is -2.37. The first-order valence-corrected chi connectivity index (χ1v) is 5.78. The lowest BCUT2D eigenvalue weighted by atomic mass is 10.4. The first-order chi connectivity index (χ1) is 8.52. The monoisotopic (exact) mass is 252 g/mol. The number of aliphatic hydroxyl groups is 1. The van der Waals surface area contributed by atoms with Crippen molar-refractivity contribution in [2.75, 3.05) is 0 Å². The van der Waals surface area contributed by atoms with Gasteiger partial charge in [0.15, 0.2) is 11.2 Å². The fourth-order valence-electron chi connectivity index (χ4n) is 2.08. The molecule has 2 rings (SSSR count). The maximum atomic E-state index is 12.1. The van der Waals surface area contributed by atoms with Crippen LogP contribution in [0.25, 0.3) is 11.2 Å². The van der Waals surface area contributed by atoms with E-state index in [0.29, 0.717) is 23.5 Å². The summed E-state index contributed by atoms with van der Waals surface area (Å²) in [7, 11) is 3.00. The van der Waals surface area contributed by atoms with Crippen LogP contribution >= 0.6 is 0 Å². The third-order valence-corrected chi connectivity index (χ3v) is 3.02. The molecule has 0 radical (unpaired) electrons. The molecule has 1 N–H and O–H groups in total. The van der Waals surface area contributed by atoms with Crippen LogP contribution in [-0.4, -0.2) is 23.8 Å². The Balaban J connectivity index is 3.00. The zero-order chi connectivity index (χ0) is 13.4. The highest BCUT2D eigenvalue weighted by Gasteiger charge is 2.17. The molecule has 0 fully saturated rings. The molecule has 0 aliphatic rings. The van der Waals surface area contributed by atoms with Crippen molar-refractivity contribution in [3.05, 3.63) is 26.7 Å². The highest BCUT2D eigenvalue weighted by Crippen LogP contribution is 2.11. The Morgan fingerprint density at radius 2 is 1.89 bits per heavy atom. The molecule has 0 saturated carbocycles. The molecule has 0 spiro atoms. The molecule has 0 aromatic carbocycles. The topological polar surface area (TPSA) is 82.1 Å². The normalized spacial score (nSPS) is 11.3. The molecule has 2 aromatic heterocycles. The SMILES string of the molecule is CCCn1c(CO)nc2c1c(=O)n(C)c(=O)n2C. The lowest BCUT2D eigenvalue weighted by molar-refractivity contribution is 0.265. The molecule has 0 bridgehead atoms. The maximum absolute atomic E-state index is 12.1. The molecule has 7 heteroatoms. The van der Waals surface area contributed by atoms with Crippen LogP contribution in [0.5, 0.6) is 0 Å². The number of aliphatic hydroxyl groups excluding tert-OH is 1. The van der Waals surface area contributed by atoms with Crippen LogP contribution in [0.4, 0.5) is 0 Å². The van der Waals surface area contributed by atoms with Crippen LogP contribution in [0.2, 0.25) is 0 Å². The first kappa shape index (κ1) is 12.6. The number of hydrogen-bond acceptors (Lipinski definition) is 4. The minimum absolute atomic E-state index is 0.258. The lowest BCUT2D eigenvalue weighted by Gasteiger charge is -2.06. The molecule has 0 unspecified atom stereocenters. The van der Waals surface area contributed by atoms with Crippen LogP contribution in [0, 0.1) is 0 Å². The van der Waals surface area contributed by atoms with Crippen molar-refractivity contribution in [2.24, 2.45) is 14.1 Å². The number of aryl methyl sites for hydroxylation is 2. The van der Waals surface area contributed by atoms with Gasteiger partial charge in [-0.15, -0.1) is 0 Å². The van der Waals surface area contributed by atoms with Crippen molar-refractivity contribution >= 4 is 11.2 Å². The molecule has 98 valence electrons. The van der Waals surface area contributed by atoms with Gasteiger partial charge in [-0.3, -0.25) is 13.9 Å². The molecular formula is C11H16N4O3. The van der Waals surface area contributed by atoms with E-state index in [2.05, 4.69) is 4.98 Å². The second-order valence-electron chi connectivity index (χ2n) is 4.22. The zero-order valence-electron chi connectivity index (χ0n) is 10.7. The Bertz CT molecular complexity index is 708. The quantitative estimate of drug-likeness (QED) is 0.786. The van der Waals surface area contributed by atoms with E-state index >= 15 is 0 Å². The van der Waals surface area contributed by atoms with Crippen LogP contribution < -0.4 is 11.2 Å². The van der Waals surface area contributed by atoms with Crippen molar-refractivity contribution in [1.29, 1.82) is 0 Å². The van der Waals surface area contributed by atoms with Gasteiger partial charge in [0.25, 0.3) is 5.56 Å². The Labute approximate surface area is 103 Å². The highest BCUT2D eigenvalue weighted by molar-refractivity contribution is 5.71. The first-order valence-electron chi connectivity index (χ1n) is 5.78. The summed E-state index contributed by atoms with van der Waals surface area (Å²) in [6.45, 7) is 2.30. The van der Waals surface area contributed by atoms with Gasteiger partial charge in [-0.25, -0.2) is 9.78 Å². The summed E-state index contributed by atoms with van der Waals surface area (Å²) < 4.78 is 4.05.